The molecule has 3 atom stereocenters. The lowest BCUT2D eigenvalue weighted by Crippen LogP contribution is -2.57. The fourth-order valence-electron chi connectivity index (χ4n) is 6.03. The Bertz CT molecular complexity index is 1070. The summed E-state index contributed by atoms with van der Waals surface area (Å²) in [6.07, 6.45) is 10.6. The SMILES string of the molecule is CC(C)(C)[Si](C)(C)OC/C=C(\I)CN1CCC23c4ccccc4N4C(=O)C=CC(=CCC12)[C@H]43. The maximum atomic E-state index is 13.0. The molecule has 0 N–H and O–H groups in total. The normalized spacial score (nSPS) is 29.2. The summed E-state index contributed by atoms with van der Waals surface area (Å²) in [6.45, 7) is 14.2. The average molecular weight is 575 g/mol. The predicted octanol–water partition coefficient (Wildman–Crippen LogP) is 5.95. The minimum Gasteiger partial charge on any atom is -0.413 e. The molecule has 4 aliphatic rings. The van der Waals surface area contributed by atoms with E-state index in [2.05, 4.69) is 109 Å². The van der Waals surface area contributed by atoms with Gasteiger partial charge in [-0.1, -0.05) is 51.1 Å². The third-order valence-corrected chi connectivity index (χ3v) is 14.0. The van der Waals surface area contributed by atoms with Crippen molar-refractivity contribution in [3.63, 3.8) is 0 Å². The van der Waals surface area contributed by atoms with Gasteiger partial charge in [0, 0.05) is 33.3 Å². The van der Waals surface area contributed by atoms with Gasteiger partial charge in [-0.25, -0.2) is 0 Å². The zero-order chi connectivity index (χ0) is 23.6. The van der Waals surface area contributed by atoms with Crippen molar-refractivity contribution in [2.24, 2.45) is 0 Å². The van der Waals surface area contributed by atoms with Crippen LogP contribution in [-0.4, -0.2) is 50.9 Å². The van der Waals surface area contributed by atoms with Crippen LogP contribution >= 0.6 is 22.6 Å². The summed E-state index contributed by atoms with van der Waals surface area (Å²) in [5, 5.41) is 0.230. The highest BCUT2D eigenvalue weighted by atomic mass is 127. The number of carbonyl (C=O) groups excluding carboxylic acids is 1. The minimum atomic E-state index is -1.74. The van der Waals surface area contributed by atoms with Crippen LogP contribution in [0, 0.1) is 0 Å². The van der Waals surface area contributed by atoms with Crippen molar-refractivity contribution in [2.45, 2.75) is 69.2 Å². The van der Waals surface area contributed by atoms with Gasteiger partial charge in [0.1, 0.15) is 0 Å². The monoisotopic (exact) mass is 574 g/mol. The number of anilines is 1. The molecule has 0 aromatic heterocycles. The number of fused-ring (bicyclic) bond motifs is 2. The summed E-state index contributed by atoms with van der Waals surface area (Å²) in [5.41, 5.74) is 3.79. The number of rotatable bonds is 5. The molecule has 6 heteroatoms. The van der Waals surface area contributed by atoms with Crippen molar-refractivity contribution in [2.75, 3.05) is 24.6 Å². The lowest BCUT2D eigenvalue weighted by molar-refractivity contribution is -0.114. The van der Waals surface area contributed by atoms with E-state index in [1.165, 1.54) is 14.7 Å². The van der Waals surface area contributed by atoms with Crippen LogP contribution in [0.1, 0.15) is 39.2 Å². The number of likely N-dealkylation sites (tertiary alicyclic amines) is 1. The molecule has 1 spiro atoms. The molecule has 1 aromatic rings. The van der Waals surface area contributed by atoms with Gasteiger partial charge in [0.25, 0.3) is 5.91 Å². The average Bonchev–Trinajstić information content (AvgIpc) is 3.27. The van der Waals surface area contributed by atoms with E-state index in [1.807, 2.05) is 0 Å². The number of hydrogen-bond donors (Lipinski definition) is 0. The molecule has 1 saturated heterocycles. The summed E-state index contributed by atoms with van der Waals surface area (Å²) in [4.78, 5) is 17.7. The first-order chi connectivity index (χ1) is 15.6. The molecule has 2 unspecified atom stereocenters. The van der Waals surface area contributed by atoms with Crippen molar-refractivity contribution in [3.05, 3.63) is 63.3 Å². The van der Waals surface area contributed by atoms with Crippen LogP contribution in [-0.2, 0) is 14.6 Å². The summed E-state index contributed by atoms with van der Waals surface area (Å²) in [5.74, 6) is 0.123. The van der Waals surface area contributed by atoms with Crippen LogP contribution < -0.4 is 4.90 Å². The first-order valence-electron chi connectivity index (χ1n) is 12.1. The minimum absolute atomic E-state index is 0.00431. The van der Waals surface area contributed by atoms with E-state index in [-0.39, 0.29) is 22.4 Å². The second-order valence-electron chi connectivity index (χ2n) is 11.4. The van der Waals surface area contributed by atoms with E-state index in [9.17, 15) is 4.79 Å². The molecule has 3 aliphatic heterocycles. The second-order valence-corrected chi connectivity index (χ2v) is 17.6. The molecule has 5 rings (SSSR count). The molecular weight excluding hydrogens is 539 g/mol. The first kappa shape index (κ1) is 23.5. The summed E-state index contributed by atoms with van der Waals surface area (Å²) >= 11 is 2.50. The Labute approximate surface area is 213 Å². The fraction of sp³-hybridized carbons (Fsp3) is 0.519. The van der Waals surface area contributed by atoms with Crippen LogP contribution in [0.4, 0.5) is 5.69 Å². The van der Waals surface area contributed by atoms with Gasteiger partial charge < -0.3 is 9.33 Å². The number of benzene rings is 1. The Morgan fingerprint density at radius 3 is 2.79 bits per heavy atom. The standard InChI is InChI=1S/C27H35IN2O2Si/c1-26(2,3)33(4,5)32-17-14-20(28)18-29-16-15-27-21-8-6-7-9-22(21)30-24(31)13-11-19(25(27)30)10-12-23(27)29/h6-11,13-14,23,25H,12,15-18H2,1-5H3/b20-14-/t23?,25-,27?/m0/s1. The van der Waals surface area contributed by atoms with Crippen molar-refractivity contribution < 1.29 is 9.22 Å². The third-order valence-electron chi connectivity index (χ3n) is 8.72. The van der Waals surface area contributed by atoms with Crippen molar-refractivity contribution in [1.29, 1.82) is 0 Å². The van der Waals surface area contributed by atoms with Crippen molar-refractivity contribution in [3.8, 4) is 0 Å². The summed E-state index contributed by atoms with van der Waals surface area (Å²) in [6, 6.07) is 9.17. The van der Waals surface area contributed by atoms with Gasteiger partial charge in [-0.2, -0.15) is 0 Å². The largest absolute Gasteiger partial charge is 0.413 e. The number of amides is 1. The third kappa shape index (κ3) is 3.63. The molecule has 1 aliphatic carbocycles. The molecule has 1 amide bonds. The molecule has 1 fully saturated rings. The van der Waals surface area contributed by atoms with E-state index in [4.69, 9.17) is 4.43 Å². The Kier molecular flexibility index (Phi) is 5.83. The van der Waals surface area contributed by atoms with E-state index in [1.54, 1.807) is 6.08 Å². The molecule has 0 radical (unpaired) electrons. The van der Waals surface area contributed by atoms with Crippen molar-refractivity contribution >= 4 is 42.5 Å². The molecule has 1 aromatic carbocycles. The number of para-hydroxylation sites is 1. The predicted molar refractivity (Wildman–Crippen MR) is 146 cm³/mol. The molecular formula is C27H35IN2O2Si. The van der Waals surface area contributed by atoms with Crippen molar-refractivity contribution in [1.82, 2.24) is 4.90 Å². The van der Waals surface area contributed by atoms with Crippen LogP contribution in [0.15, 0.2) is 57.7 Å². The maximum Gasteiger partial charge on any atom is 0.251 e. The van der Waals surface area contributed by atoms with Crippen LogP contribution in [0.5, 0.6) is 0 Å². The van der Waals surface area contributed by atoms with Gasteiger partial charge in [-0.3, -0.25) is 9.69 Å². The topological polar surface area (TPSA) is 32.8 Å². The Balaban J connectivity index is 1.39. The molecule has 0 saturated carbocycles. The van der Waals surface area contributed by atoms with Gasteiger partial charge >= 0.3 is 0 Å². The fourth-order valence-corrected chi connectivity index (χ4v) is 7.58. The number of hydrogen-bond acceptors (Lipinski definition) is 3. The summed E-state index contributed by atoms with van der Waals surface area (Å²) in [7, 11) is -1.74. The smallest absolute Gasteiger partial charge is 0.251 e. The Hall–Kier alpha value is -1.22. The molecule has 0 bridgehead atoms. The van der Waals surface area contributed by atoms with E-state index < -0.39 is 8.32 Å². The van der Waals surface area contributed by atoms with Gasteiger partial charge in [-0.15, -0.1) is 0 Å². The maximum absolute atomic E-state index is 13.0. The number of nitrogens with zero attached hydrogens (tertiary/aromatic N) is 2. The van der Waals surface area contributed by atoms with E-state index in [0.29, 0.717) is 12.6 Å². The van der Waals surface area contributed by atoms with Gasteiger partial charge in [0.05, 0.1) is 12.6 Å². The van der Waals surface area contributed by atoms with Gasteiger partial charge in [0.2, 0.25) is 0 Å². The first-order valence-corrected chi connectivity index (χ1v) is 16.1. The number of carbonyl (C=O) groups is 1. The Morgan fingerprint density at radius 1 is 1.27 bits per heavy atom. The Morgan fingerprint density at radius 2 is 2.03 bits per heavy atom. The number of halogens is 1. The summed E-state index contributed by atoms with van der Waals surface area (Å²) < 4.78 is 7.74. The molecule has 3 heterocycles. The molecule has 176 valence electrons. The highest BCUT2D eigenvalue weighted by Crippen LogP contribution is 2.59. The zero-order valence-electron chi connectivity index (χ0n) is 20.4. The lowest BCUT2D eigenvalue weighted by Gasteiger charge is -2.46. The molecule has 33 heavy (non-hydrogen) atoms. The van der Waals surface area contributed by atoms with Gasteiger partial charge in [0.15, 0.2) is 8.32 Å². The second kappa shape index (κ2) is 8.17. The highest BCUT2D eigenvalue weighted by Gasteiger charge is 2.62. The zero-order valence-corrected chi connectivity index (χ0v) is 23.6. The van der Waals surface area contributed by atoms with E-state index in [0.717, 1.165) is 31.6 Å². The highest BCUT2D eigenvalue weighted by molar-refractivity contribution is 14.1. The molecule has 4 nitrogen and oxygen atoms in total. The van der Waals surface area contributed by atoms with Crippen LogP contribution in [0.25, 0.3) is 0 Å². The van der Waals surface area contributed by atoms with E-state index >= 15 is 0 Å². The van der Waals surface area contributed by atoms with Gasteiger partial charge in [-0.05, 0) is 83.4 Å². The quantitative estimate of drug-likeness (QED) is 0.322. The van der Waals surface area contributed by atoms with Crippen LogP contribution in [0.2, 0.25) is 18.1 Å². The van der Waals surface area contributed by atoms with Crippen LogP contribution in [0.3, 0.4) is 0 Å². The lowest BCUT2D eigenvalue weighted by atomic mass is 9.64.